The van der Waals surface area contributed by atoms with Crippen LogP contribution in [0.15, 0.2) is 24.0 Å². The lowest BCUT2D eigenvalue weighted by atomic mass is 10.2. The van der Waals surface area contributed by atoms with Gasteiger partial charge < -0.3 is 24.2 Å². The number of nitrogens with zero attached hydrogens (tertiary/aromatic N) is 1. The average molecular weight is 299 g/mol. The van der Waals surface area contributed by atoms with Crippen molar-refractivity contribution in [2.45, 2.75) is 32.3 Å². The molecule has 6 nitrogen and oxygen atoms in total. The lowest BCUT2D eigenvalue weighted by Gasteiger charge is -2.29. The number of hydrogen-bond donors (Lipinski definition) is 1. The van der Waals surface area contributed by atoms with E-state index >= 15 is 0 Å². The van der Waals surface area contributed by atoms with Gasteiger partial charge in [0.25, 0.3) is 0 Å². The summed E-state index contributed by atoms with van der Waals surface area (Å²) in [6.45, 7) is 2.33. The zero-order chi connectivity index (χ0) is 16.5. The predicted molar refractivity (Wildman–Crippen MR) is 77.2 cm³/mol. The molecule has 0 aromatic heterocycles. The third-order valence-corrected chi connectivity index (χ3v) is 2.44. The van der Waals surface area contributed by atoms with Crippen LogP contribution in [0.2, 0.25) is 0 Å². The maximum Gasteiger partial charge on any atom is 0.334 e. The van der Waals surface area contributed by atoms with Crippen molar-refractivity contribution < 1.29 is 29.0 Å². The topological polar surface area (TPSA) is 86.7 Å². The van der Waals surface area contributed by atoms with Gasteiger partial charge in [0.05, 0.1) is 27.2 Å². The van der Waals surface area contributed by atoms with Crippen LogP contribution in [0.4, 0.5) is 0 Å². The Bertz CT molecular complexity index is 407. The summed E-state index contributed by atoms with van der Waals surface area (Å²) in [5.74, 6) is -2.27. The predicted octanol–water partition coefficient (Wildman–Crippen LogP) is 0.543. The van der Waals surface area contributed by atoms with Crippen molar-refractivity contribution in [1.82, 2.24) is 0 Å². The molecule has 0 saturated heterocycles. The highest BCUT2D eigenvalue weighted by molar-refractivity contribution is 5.83. The van der Waals surface area contributed by atoms with Crippen LogP contribution in [0.5, 0.6) is 0 Å². The molecule has 0 heterocycles. The van der Waals surface area contributed by atoms with Crippen LogP contribution in [0.3, 0.4) is 0 Å². The van der Waals surface area contributed by atoms with Crippen LogP contribution >= 0.6 is 0 Å². The summed E-state index contributed by atoms with van der Waals surface area (Å²) < 4.78 is 5.51. The zero-order valence-corrected chi connectivity index (χ0v) is 13.2. The van der Waals surface area contributed by atoms with E-state index in [4.69, 9.17) is 4.74 Å². The van der Waals surface area contributed by atoms with E-state index in [2.05, 4.69) is 0 Å². The van der Waals surface area contributed by atoms with Crippen molar-refractivity contribution in [3.8, 4) is 0 Å². The molecule has 0 bridgehead atoms. The summed E-state index contributed by atoms with van der Waals surface area (Å²) in [5.41, 5.74) is 0. The Hall–Kier alpha value is -1.82. The largest absolute Gasteiger partial charge is 0.550 e. The number of carbonyl (C=O) groups is 2. The number of quaternary nitrogens is 1. The minimum absolute atomic E-state index is 0.217. The smallest absolute Gasteiger partial charge is 0.334 e. The van der Waals surface area contributed by atoms with Crippen LogP contribution in [0.25, 0.3) is 0 Å². The van der Waals surface area contributed by atoms with Gasteiger partial charge in [-0.15, -0.1) is 0 Å². The van der Waals surface area contributed by atoms with Gasteiger partial charge in [-0.1, -0.05) is 19.4 Å². The molecule has 0 amide bonds. The lowest BCUT2D eigenvalue weighted by Crippen LogP contribution is -2.45. The number of hydrogen-bond acceptors (Lipinski definition) is 5. The number of allylic oxidation sites excluding steroid dienone is 2. The first-order valence-corrected chi connectivity index (χ1v) is 6.92. The number of aliphatic hydroxyl groups is 1. The van der Waals surface area contributed by atoms with E-state index in [0.717, 1.165) is 18.9 Å². The molecule has 0 aromatic carbocycles. The van der Waals surface area contributed by atoms with Crippen molar-refractivity contribution in [3.05, 3.63) is 24.0 Å². The Morgan fingerprint density at radius 1 is 1.33 bits per heavy atom. The second kappa shape index (κ2) is 9.18. The van der Waals surface area contributed by atoms with E-state index in [1.807, 2.05) is 28.1 Å². The van der Waals surface area contributed by atoms with Gasteiger partial charge in [0.2, 0.25) is 0 Å². The van der Waals surface area contributed by atoms with Gasteiger partial charge in [-0.3, -0.25) is 0 Å². The molecule has 0 rings (SSSR count). The Morgan fingerprint density at radius 3 is 2.43 bits per heavy atom. The van der Waals surface area contributed by atoms with E-state index in [1.165, 1.54) is 6.08 Å². The molecule has 1 N–H and O–H groups in total. The highest BCUT2D eigenvalue weighted by atomic mass is 16.5. The van der Waals surface area contributed by atoms with E-state index < -0.39 is 18.0 Å². The maximum absolute atomic E-state index is 11.7. The summed E-state index contributed by atoms with van der Waals surface area (Å²) in [5, 5.41) is 20.2. The Morgan fingerprint density at radius 2 is 1.95 bits per heavy atom. The summed E-state index contributed by atoms with van der Waals surface area (Å²) in [4.78, 5) is 22.3. The molecule has 0 aromatic rings. The summed E-state index contributed by atoms with van der Waals surface area (Å²) in [7, 11) is 5.57. The van der Waals surface area contributed by atoms with Crippen molar-refractivity contribution in [1.29, 1.82) is 0 Å². The monoisotopic (exact) mass is 299 g/mol. The second-order valence-corrected chi connectivity index (χ2v) is 5.87. The van der Waals surface area contributed by atoms with E-state index in [1.54, 1.807) is 6.08 Å². The number of esters is 1. The third-order valence-electron chi connectivity index (χ3n) is 2.44. The Labute approximate surface area is 125 Å². The second-order valence-electron chi connectivity index (χ2n) is 5.87. The lowest BCUT2D eigenvalue weighted by molar-refractivity contribution is -0.873. The fraction of sp³-hybridized carbons (Fsp3) is 0.600. The standard InChI is InChI=1S/C15H25NO5/c1-5-6-7-8-12(17)9-15(20)21-13(10-14(18)19)11-16(2,3)4/h7-9,13H,5-6,10-11H2,1-4H3,(H-,17,18,19,20)/b8-7+. The van der Waals surface area contributed by atoms with E-state index in [9.17, 15) is 19.8 Å². The normalized spacial score (nSPS) is 14.2. The first-order chi connectivity index (χ1) is 9.64. The Kier molecular flexibility index (Phi) is 8.38. The molecule has 0 spiro atoms. The van der Waals surface area contributed by atoms with Gasteiger partial charge in [0.15, 0.2) is 6.10 Å². The number of carbonyl (C=O) groups excluding carboxylic acids is 2. The van der Waals surface area contributed by atoms with E-state index in [-0.39, 0.29) is 12.2 Å². The van der Waals surface area contributed by atoms with Gasteiger partial charge in [0.1, 0.15) is 12.3 Å². The summed E-state index contributed by atoms with van der Waals surface area (Å²) in [6.07, 6.45) is 4.65. The molecule has 0 saturated carbocycles. The quantitative estimate of drug-likeness (QED) is 0.221. The molecule has 120 valence electrons. The Balaban J connectivity index is 4.65. The molecule has 1 unspecified atom stereocenters. The molecule has 0 fully saturated rings. The van der Waals surface area contributed by atoms with Crippen LogP contribution in [-0.2, 0) is 14.3 Å². The molecule has 0 aliphatic rings. The molecule has 0 aliphatic carbocycles. The minimum Gasteiger partial charge on any atom is -0.550 e. The van der Waals surface area contributed by atoms with Gasteiger partial charge in [-0.2, -0.15) is 0 Å². The van der Waals surface area contributed by atoms with Gasteiger partial charge in [-0.05, 0) is 12.5 Å². The number of aliphatic carboxylic acids is 1. The number of aliphatic hydroxyl groups excluding tert-OH is 1. The van der Waals surface area contributed by atoms with Crippen molar-refractivity contribution in [2.75, 3.05) is 27.7 Å². The van der Waals surface area contributed by atoms with E-state index in [0.29, 0.717) is 11.0 Å². The number of likely N-dealkylation sites (N-methyl/N-ethyl adjacent to an activating group) is 1. The molecule has 6 heteroatoms. The van der Waals surface area contributed by atoms with Crippen molar-refractivity contribution >= 4 is 11.9 Å². The number of unbranched alkanes of at least 4 members (excludes halogenated alkanes) is 1. The van der Waals surface area contributed by atoms with Gasteiger partial charge >= 0.3 is 5.97 Å². The van der Waals surface area contributed by atoms with Crippen LogP contribution in [0, 0.1) is 0 Å². The minimum atomic E-state index is -1.28. The number of rotatable bonds is 9. The first kappa shape index (κ1) is 19.2. The first-order valence-electron chi connectivity index (χ1n) is 6.92. The van der Waals surface area contributed by atoms with Crippen LogP contribution in [0.1, 0.15) is 26.2 Å². The molecule has 0 aliphatic heterocycles. The maximum atomic E-state index is 11.7. The summed E-state index contributed by atoms with van der Waals surface area (Å²) >= 11 is 0. The van der Waals surface area contributed by atoms with Crippen molar-refractivity contribution in [2.24, 2.45) is 0 Å². The van der Waals surface area contributed by atoms with Gasteiger partial charge in [0, 0.05) is 12.4 Å². The zero-order valence-electron chi connectivity index (χ0n) is 13.2. The third kappa shape index (κ3) is 11.7. The highest BCUT2D eigenvalue weighted by Crippen LogP contribution is 2.06. The number of carboxylic acids is 1. The van der Waals surface area contributed by atoms with Gasteiger partial charge in [-0.25, -0.2) is 4.79 Å². The average Bonchev–Trinajstić information content (AvgIpc) is 2.25. The van der Waals surface area contributed by atoms with Crippen molar-refractivity contribution in [3.63, 3.8) is 0 Å². The fourth-order valence-electron chi connectivity index (χ4n) is 1.68. The summed E-state index contributed by atoms with van der Waals surface area (Å²) in [6, 6.07) is 0. The molecular weight excluding hydrogens is 274 g/mol. The number of ether oxygens (including phenoxy) is 1. The SMILES string of the molecule is CCC/C=C/C(O)=C/C(=O)OC(CC(=O)[O-])C[N+](C)(C)C. The molecule has 1 atom stereocenters. The van der Waals surface area contributed by atoms with Crippen LogP contribution in [-0.4, -0.2) is 55.3 Å². The fourth-order valence-corrected chi connectivity index (χ4v) is 1.68. The van der Waals surface area contributed by atoms with Crippen LogP contribution < -0.4 is 5.11 Å². The number of carboxylic acid groups (broad SMARTS) is 1. The molecule has 21 heavy (non-hydrogen) atoms. The highest BCUT2D eigenvalue weighted by Gasteiger charge is 2.21. The molecule has 0 radical (unpaired) electrons. The molecular formula is C15H25NO5.